The largest absolute Gasteiger partial charge is 0.476 e. The molecule has 1 fully saturated rings. The van der Waals surface area contributed by atoms with Gasteiger partial charge in [0.05, 0.1) is 16.5 Å². The van der Waals surface area contributed by atoms with Gasteiger partial charge in [0.2, 0.25) is 0 Å². The zero-order valence-electron chi connectivity index (χ0n) is 19.0. The van der Waals surface area contributed by atoms with Gasteiger partial charge >= 0.3 is 0 Å². The molecule has 1 saturated carbocycles. The summed E-state index contributed by atoms with van der Waals surface area (Å²) >= 11 is 0.760. The number of amides is 1. The van der Waals surface area contributed by atoms with Crippen LogP contribution in [0.15, 0.2) is 29.4 Å². The summed E-state index contributed by atoms with van der Waals surface area (Å²) in [5.74, 6) is -1.16. The number of ether oxygens (including phenoxy) is 1. The van der Waals surface area contributed by atoms with Gasteiger partial charge in [-0.1, -0.05) is 17.7 Å². The highest BCUT2D eigenvalue weighted by atomic mass is 32.2. The summed E-state index contributed by atoms with van der Waals surface area (Å²) < 4.78 is 61.0. The molecule has 6 nitrogen and oxygen atoms in total. The number of fused-ring (bicyclic) bond motifs is 1. The first-order valence-electron chi connectivity index (χ1n) is 10.6. The SMILES string of the molecule is C#C[C@H](C)Oc1cnc(C(=O)Nc2cc(F)c(F)c([C@@]3(C)N=C(N)S[C@@]4(C(F)F)C[C@@H]34)c2)c(C)c1. The molecule has 11 heteroatoms. The van der Waals surface area contributed by atoms with Crippen LogP contribution >= 0.6 is 11.8 Å². The number of pyridine rings is 1. The van der Waals surface area contributed by atoms with E-state index in [2.05, 4.69) is 21.2 Å². The van der Waals surface area contributed by atoms with Crippen molar-refractivity contribution < 1.29 is 27.1 Å². The lowest BCUT2D eigenvalue weighted by molar-refractivity contribution is 0.102. The number of amidine groups is 1. The zero-order chi connectivity index (χ0) is 25.7. The van der Waals surface area contributed by atoms with Gasteiger partial charge in [-0.25, -0.2) is 22.5 Å². The van der Waals surface area contributed by atoms with E-state index in [0.717, 1.165) is 17.8 Å². The molecule has 0 spiro atoms. The third-order valence-corrected chi connectivity index (χ3v) is 7.59. The third-order valence-electron chi connectivity index (χ3n) is 6.29. The van der Waals surface area contributed by atoms with Crippen molar-refractivity contribution in [2.45, 2.75) is 50.0 Å². The van der Waals surface area contributed by atoms with Crippen molar-refractivity contribution >= 4 is 28.5 Å². The second-order valence-corrected chi connectivity index (χ2v) is 10.1. The van der Waals surface area contributed by atoms with Gasteiger partial charge < -0.3 is 15.8 Å². The summed E-state index contributed by atoms with van der Waals surface area (Å²) in [6, 6.07) is 3.57. The molecule has 184 valence electrons. The van der Waals surface area contributed by atoms with E-state index in [-0.39, 0.29) is 28.5 Å². The molecule has 0 saturated heterocycles. The number of nitrogens with two attached hydrogens (primary N) is 1. The summed E-state index contributed by atoms with van der Waals surface area (Å²) in [7, 11) is 0. The average Bonchev–Trinajstić information content (AvgIpc) is 3.53. The first-order valence-corrected chi connectivity index (χ1v) is 11.5. The monoisotopic (exact) mass is 506 g/mol. The normalized spacial score (nSPS) is 25.8. The lowest BCUT2D eigenvalue weighted by Crippen LogP contribution is -2.39. The molecule has 1 aliphatic heterocycles. The molecule has 0 radical (unpaired) electrons. The summed E-state index contributed by atoms with van der Waals surface area (Å²) in [5, 5.41) is 2.37. The van der Waals surface area contributed by atoms with Gasteiger partial charge in [0.25, 0.3) is 12.3 Å². The average molecular weight is 507 g/mol. The smallest absolute Gasteiger partial charge is 0.274 e. The predicted octanol–water partition coefficient (Wildman–Crippen LogP) is 4.62. The number of rotatable bonds is 6. The Balaban J connectivity index is 1.64. The number of hydrogen-bond donors (Lipinski definition) is 2. The second kappa shape index (κ2) is 8.75. The minimum atomic E-state index is -2.72. The summed E-state index contributed by atoms with van der Waals surface area (Å²) in [6.45, 7) is 4.74. The molecular formula is C24H22F4N4O2S. The Morgan fingerprint density at radius 1 is 1.37 bits per heavy atom. The molecule has 4 atom stereocenters. The quantitative estimate of drug-likeness (QED) is 0.441. The lowest BCUT2D eigenvalue weighted by atomic mass is 9.85. The van der Waals surface area contributed by atoms with Gasteiger partial charge in [-0.2, -0.15) is 0 Å². The standard InChI is InChI=1S/C24H22F4N4O2S/c1-5-12(3)34-14-6-11(2)19(30-10-14)20(33)31-13-7-15(18(26)16(25)8-13)23(4)17-9-24(17,21(27)28)35-22(29)32-23/h1,6-8,10,12,17,21H,9H2,2-4H3,(H2,29,32)(H,31,33)/t12-,17-,23+,24-/m0/s1. The van der Waals surface area contributed by atoms with Crippen molar-refractivity contribution in [3.8, 4) is 18.1 Å². The number of terminal acetylenes is 1. The van der Waals surface area contributed by atoms with E-state index in [9.17, 15) is 22.4 Å². The summed E-state index contributed by atoms with van der Waals surface area (Å²) in [4.78, 5) is 21.2. The first kappa shape index (κ1) is 24.9. The van der Waals surface area contributed by atoms with E-state index >= 15 is 0 Å². The number of thioether (sulfide) groups is 1. The minimum absolute atomic E-state index is 0.0263. The molecule has 1 amide bonds. The second-order valence-electron chi connectivity index (χ2n) is 8.75. The van der Waals surface area contributed by atoms with Crippen LogP contribution in [0.25, 0.3) is 0 Å². The number of benzene rings is 1. The Morgan fingerprint density at radius 2 is 2.09 bits per heavy atom. The Labute approximate surface area is 203 Å². The van der Waals surface area contributed by atoms with Gasteiger partial charge in [0.1, 0.15) is 11.4 Å². The van der Waals surface area contributed by atoms with E-state index < -0.39 is 46.3 Å². The number of alkyl halides is 2. The van der Waals surface area contributed by atoms with Gasteiger partial charge in [-0.3, -0.25) is 9.79 Å². The van der Waals surface area contributed by atoms with Crippen LogP contribution < -0.4 is 15.8 Å². The molecule has 35 heavy (non-hydrogen) atoms. The van der Waals surface area contributed by atoms with E-state index in [4.69, 9.17) is 16.9 Å². The number of nitrogens with one attached hydrogen (secondary N) is 1. The Morgan fingerprint density at radius 3 is 2.71 bits per heavy atom. The van der Waals surface area contributed by atoms with Crippen LogP contribution in [-0.2, 0) is 5.54 Å². The van der Waals surface area contributed by atoms with Gasteiger partial charge in [-0.15, -0.1) is 6.42 Å². The summed E-state index contributed by atoms with van der Waals surface area (Å²) in [5.41, 5.74) is 4.41. The number of carbonyl (C=O) groups is 1. The molecule has 2 heterocycles. The molecule has 1 aromatic carbocycles. The highest BCUT2D eigenvalue weighted by Gasteiger charge is 2.71. The van der Waals surface area contributed by atoms with Crippen molar-refractivity contribution in [2.24, 2.45) is 16.6 Å². The van der Waals surface area contributed by atoms with E-state index in [1.165, 1.54) is 19.2 Å². The number of aliphatic imine (C=N–C) groups is 1. The maximum atomic E-state index is 14.9. The maximum absolute atomic E-state index is 14.9. The molecule has 1 aliphatic carbocycles. The van der Waals surface area contributed by atoms with Crippen molar-refractivity contribution in [1.82, 2.24) is 4.98 Å². The number of aryl methyl sites for hydroxylation is 1. The number of halogens is 4. The van der Waals surface area contributed by atoms with E-state index in [0.29, 0.717) is 11.3 Å². The van der Waals surface area contributed by atoms with Crippen LogP contribution in [0, 0.1) is 36.8 Å². The number of nitrogens with zero attached hydrogens (tertiary/aromatic N) is 2. The molecule has 4 rings (SSSR count). The summed E-state index contributed by atoms with van der Waals surface area (Å²) in [6.07, 6.45) is 3.44. The van der Waals surface area contributed by atoms with E-state index in [1.54, 1.807) is 19.9 Å². The van der Waals surface area contributed by atoms with Crippen LogP contribution in [0.4, 0.5) is 23.2 Å². The minimum Gasteiger partial charge on any atom is -0.476 e. The van der Waals surface area contributed by atoms with Gasteiger partial charge in [0, 0.05) is 23.2 Å². The first-order chi connectivity index (χ1) is 16.4. The zero-order valence-corrected chi connectivity index (χ0v) is 19.9. The highest BCUT2D eigenvalue weighted by molar-refractivity contribution is 8.15. The molecule has 0 unspecified atom stereocenters. The fourth-order valence-electron chi connectivity index (χ4n) is 4.41. The molecule has 2 aromatic rings. The molecule has 1 aromatic heterocycles. The van der Waals surface area contributed by atoms with Gasteiger partial charge in [0.15, 0.2) is 22.9 Å². The molecular weight excluding hydrogens is 484 g/mol. The van der Waals surface area contributed by atoms with Crippen LogP contribution in [-0.4, -0.2) is 33.3 Å². The Hall–Kier alpha value is -3.26. The third kappa shape index (κ3) is 4.31. The Bertz CT molecular complexity index is 1280. The highest BCUT2D eigenvalue weighted by Crippen LogP contribution is 2.68. The molecule has 2 aliphatic rings. The van der Waals surface area contributed by atoms with Crippen LogP contribution in [0.5, 0.6) is 5.75 Å². The van der Waals surface area contributed by atoms with Crippen LogP contribution in [0.1, 0.15) is 41.9 Å². The number of carbonyl (C=O) groups excluding carboxylic acids is 1. The fraction of sp³-hybridized carbons (Fsp3) is 0.375. The van der Waals surface area contributed by atoms with Crippen molar-refractivity contribution in [1.29, 1.82) is 0 Å². The Kier molecular flexibility index (Phi) is 6.21. The molecule has 3 N–H and O–H groups in total. The lowest BCUT2D eigenvalue weighted by Gasteiger charge is -2.34. The predicted molar refractivity (Wildman–Crippen MR) is 126 cm³/mol. The number of anilines is 1. The van der Waals surface area contributed by atoms with Crippen molar-refractivity contribution in [2.75, 3.05) is 5.32 Å². The van der Waals surface area contributed by atoms with Crippen molar-refractivity contribution in [3.63, 3.8) is 0 Å². The van der Waals surface area contributed by atoms with Gasteiger partial charge in [-0.05, 0) is 44.9 Å². The number of aromatic nitrogens is 1. The van der Waals surface area contributed by atoms with Crippen LogP contribution in [0.2, 0.25) is 0 Å². The molecule has 0 bridgehead atoms. The fourth-order valence-corrected chi connectivity index (χ4v) is 5.75. The van der Waals surface area contributed by atoms with E-state index in [1.807, 2.05) is 0 Å². The van der Waals surface area contributed by atoms with Crippen LogP contribution in [0.3, 0.4) is 0 Å². The van der Waals surface area contributed by atoms with Crippen molar-refractivity contribution in [3.05, 3.63) is 52.9 Å². The topological polar surface area (TPSA) is 89.6 Å². The number of hydrogen-bond acceptors (Lipinski definition) is 6. The maximum Gasteiger partial charge on any atom is 0.274 e.